The lowest BCUT2D eigenvalue weighted by molar-refractivity contribution is -0.671. The van der Waals surface area contributed by atoms with Crippen molar-refractivity contribution in [1.82, 2.24) is 15.5 Å². The first-order valence-electron chi connectivity index (χ1n) is 25.7. The maximum atomic E-state index is 12.4. The van der Waals surface area contributed by atoms with Gasteiger partial charge in [-0.2, -0.15) is 9.13 Å². The van der Waals surface area contributed by atoms with Gasteiger partial charge < -0.3 is 34.6 Å². The average Bonchev–Trinajstić information content (AvgIpc) is 3.89. The number of hydrogen-bond acceptors (Lipinski definition) is 9. The van der Waals surface area contributed by atoms with Crippen molar-refractivity contribution in [1.29, 1.82) is 0 Å². The molecule has 0 saturated heterocycles. The molecule has 0 radical (unpaired) electrons. The Hall–Kier alpha value is -5.57. The van der Waals surface area contributed by atoms with E-state index in [1.54, 1.807) is 0 Å². The molecule has 13 heteroatoms. The van der Waals surface area contributed by atoms with Gasteiger partial charge in [0.2, 0.25) is 22.8 Å². The highest BCUT2D eigenvalue weighted by molar-refractivity contribution is 8.03. The Balaban J connectivity index is 0.579. The second-order valence-corrected chi connectivity index (χ2v) is 20.5. The topological polar surface area (TPSA) is 100 Å². The molecule has 11 nitrogen and oxygen atoms in total. The molecule has 2 atom stereocenters. The fourth-order valence-electron chi connectivity index (χ4n) is 9.40. The molecule has 2 amide bonds. The first-order chi connectivity index (χ1) is 34.9. The molecule has 0 bridgehead atoms. The number of carbonyl (C=O) groups is 2. The summed E-state index contributed by atoms with van der Waals surface area (Å²) >= 11 is 3.65. The highest BCUT2D eigenvalue weighted by Crippen LogP contribution is 2.45. The number of anilines is 1. The fraction of sp³-hybridized carbons (Fsp3) is 0.414. The Morgan fingerprint density at radius 2 is 1.37 bits per heavy atom. The van der Waals surface area contributed by atoms with Crippen LogP contribution in [0.3, 0.4) is 0 Å². The summed E-state index contributed by atoms with van der Waals surface area (Å²) < 4.78 is 22.9. The van der Waals surface area contributed by atoms with Crippen molar-refractivity contribution in [3.63, 3.8) is 0 Å². The van der Waals surface area contributed by atoms with Crippen molar-refractivity contribution in [3.05, 3.63) is 143 Å². The second-order valence-electron chi connectivity index (χ2n) is 18.4. The molecule has 2 aromatic heterocycles. The molecule has 374 valence electrons. The Morgan fingerprint density at radius 1 is 0.704 bits per heavy atom. The second kappa shape index (κ2) is 27.3. The molecule has 1 aliphatic carbocycles. The van der Waals surface area contributed by atoms with E-state index < -0.39 is 0 Å². The highest BCUT2D eigenvalue weighted by Gasteiger charge is 2.30. The summed E-state index contributed by atoms with van der Waals surface area (Å²) in [6, 6.07) is 28.3. The minimum atomic E-state index is 0.102. The fourth-order valence-corrected chi connectivity index (χ4v) is 11.6. The van der Waals surface area contributed by atoms with Crippen molar-refractivity contribution in [3.8, 4) is 0 Å². The SMILES string of the molecule is CN1/C(=C\c2cc[n+](CCCCCC(=O)NCCCOCCOCCOCCCNC(=O)CCCCCN3C=C/C(=C\c4sc5ccccc5[n+]4C)C4C=CC=CC43)c3ccccc23)Sc2ccccc21. The number of fused-ring (bicyclic) bond motifs is 4. The van der Waals surface area contributed by atoms with Gasteiger partial charge in [0, 0.05) is 94.2 Å². The average molecular weight is 997 g/mol. The summed E-state index contributed by atoms with van der Waals surface area (Å²) in [5, 5.41) is 9.80. The molecular weight excluding hydrogens is 925 g/mol. The van der Waals surface area contributed by atoms with Crippen LogP contribution in [-0.2, 0) is 37.4 Å². The number of amides is 2. The molecule has 4 heterocycles. The summed E-state index contributed by atoms with van der Waals surface area (Å²) in [5.74, 6) is 0.537. The molecule has 5 aromatic rings. The Morgan fingerprint density at radius 3 is 2.11 bits per heavy atom. The number of pyridine rings is 1. The van der Waals surface area contributed by atoms with E-state index in [-0.39, 0.29) is 11.8 Å². The number of allylic oxidation sites excluding steroid dienone is 3. The van der Waals surface area contributed by atoms with E-state index in [9.17, 15) is 9.59 Å². The summed E-state index contributed by atoms with van der Waals surface area (Å²) in [6.07, 6.45) is 28.8. The maximum Gasteiger partial charge on any atom is 0.262 e. The highest BCUT2D eigenvalue weighted by atomic mass is 32.2. The Labute approximate surface area is 428 Å². The normalized spacial score (nSPS) is 17.2. The Kier molecular flexibility index (Phi) is 19.9. The van der Waals surface area contributed by atoms with Crippen LogP contribution in [-0.4, -0.2) is 89.1 Å². The third-order valence-corrected chi connectivity index (χ3v) is 15.7. The minimum Gasteiger partial charge on any atom is -0.379 e. The zero-order valence-corrected chi connectivity index (χ0v) is 43.3. The number of carbonyl (C=O) groups excluding carboxylic acids is 2. The minimum absolute atomic E-state index is 0.102. The van der Waals surface area contributed by atoms with Crippen molar-refractivity contribution >= 4 is 73.9 Å². The quantitative estimate of drug-likeness (QED) is 0.0378. The van der Waals surface area contributed by atoms with Crippen molar-refractivity contribution < 1.29 is 32.9 Å². The van der Waals surface area contributed by atoms with Crippen molar-refractivity contribution in [2.75, 3.05) is 71.2 Å². The molecule has 3 aliphatic rings. The van der Waals surface area contributed by atoms with Gasteiger partial charge >= 0.3 is 0 Å². The van der Waals surface area contributed by atoms with E-state index >= 15 is 0 Å². The molecule has 0 saturated carbocycles. The third kappa shape index (κ3) is 14.8. The number of aromatic nitrogens is 2. The number of rotatable bonds is 28. The molecule has 3 aromatic carbocycles. The zero-order chi connectivity index (χ0) is 49.0. The molecule has 0 fully saturated rings. The lowest BCUT2D eigenvalue weighted by Gasteiger charge is -2.38. The van der Waals surface area contributed by atoms with Gasteiger partial charge in [0.05, 0.1) is 48.6 Å². The van der Waals surface area contributed by atoms with Crippen molar-refractivity contribution in [2.24, 2.45) is 13.0 Å². The predicted molar refractivity (Wildman–Crippen MR) is 290 cm³/mol. The van der Waals surface area contributed by atoms with Gasteiger partial charge in [0.25, 0.3) is 5.01 Å². The van der Waals surface area contributed by atoms with E-state index in [0.29, 0.717) is 77.5 Å². The van der Waals surface area contributed by atoms with Gasteiger partial charge in [-0.25, -0.2) is 0 Å². The van der Waals surface area contributed by atoms with Crippen LogP contribution in [0, 0.1) is 5.92 Å². The number of para-hydroxylation sites is 3. The molecule has 2 aliphatic heterocycles. The van der Waals surface area contributed by atoms with Crippen LogP contribution >= 0.6 is 23.1 Å². The molecule has 2 N–H and O–H groups in total. The standard InChI is InChI=1S/C58H70N6O5S2/c1-61-51-23-11-13-25-53(51)70-57(61)43-45-29-35-63(49-21-9-7-19-47(45)49)33-15-3-5-27-55(65)59-31-17-37-67-39-41-69-42-40-68-38-18-32-60-56(66)28-6-4-16-34-64-36-30-46(48-20-8-10-22-50(48)64)44-58-62(2)52-24-12-14-26-54(52)71-58/h7-14,19-26,29-30,35-36,43-44,47,49H,3-6,15-18,27-28,31-34,37-42H2,1-2H3/p+2. The third-order valence-electron chi connectivity index (χ3n) is 13.3. The van der Waals surface area contributed by atoms with Gasteiger partial charge in [-0.3, -0.25) is 9.59 Å². The van der Waals surface area contributed by atoms with Gasteiger partial charge in [-0.05, 0) is 92.3 Å². The number of thiazole rings is 1. The molecule has 71 heavy (non-hydrogen) atoms. The van der Waals surface area contributed by atoms with E-state index in [4.69, 9.17) is 14.2 Å². The number of thioether (sulfide) groups is 1. The van der Waals surface area contributed by atoms with Gasteiger partial charge in [-0.1, -0.05) is 90.2 Å². The number of ether oxygens (including phenoxy) is 3. The first-order valence-corrected chi connectivity index (χ1v) is 27.3. The Bertz CT molecular complexity index is 2710. The van der Waals surface area contributed by atoms with E-state index in [2.05, 4.69) is 177 Å². The van der Waals surface area contributed by atoms with Crippen LogP contribution in [0.25, 0.3) is 33.3 Å². The lowest BCUT2D eigenvalue weighted by atomic mass is 9.84. The van der Waals surface area contributed by atoms with E-state index in [0.717, 1.165) is 64.5 Å². The van der Waals surface area contributed by atoms with E-state index in [1.165, 1.54) is 52.9 Å². The first kappa shape index (κ1) is 51.8. The number of nitrogens with zero attached hydrogens (tertiary/aromatic N) is 4. The van der Waals surface area contributed by atoms with Crippen LogP contribution < -0.4 is 24.7 Å². The van der Waals surface area contributed by atoms with Gasteiger partial charge in [0.1, 0.15) is 18.3 Å². The number of hydrogen-bond donors (Lipinski definition) is 2. The predicted octanol–water partition coefficient (Wildman–Crippen LogP) is 9.91. The summed E-state index contributed by atoms with van der Waals surface area (Å²) in [7, 11) is 4.28. The number of nitrogens with one attached hydrogen (secondary N) is 2. The van der Waals surface area contributed by atoms with E-state index in [1.807, 2.05) is 23.1 Å². The van der Waals surface area contributed by atoms with Gasteiger partial charge in [0.15, 0.2) is 6.20 Å². The number of unbranched alkanes of at least 4 members (excludes halogenated alkanes) is 4. The molecular formula is C58H72N6O5S2+2. The van der Waals surface area contributed by atoms with Crippen LogP contribution in [0.4, 0.5) is 5.69 Å². The summed E-state index contributed by atoms with van der Waals surface area (Å²) in [4.78, 5) is 30.9. The molecule has 2 unspecified atom stereocenters. The van der Waals surface area contributed by atoms with Gasteiger partial charge in [-0.15, -0.1) is 0 Å². The monoisotopic (exact) mass is 996 g/mol. The largest absolute Gasteiger partial charge is 0.379 e. The van der Waals surface area contributed by atoms with Crippen LogP contribution in [0.1, 0.15) is 74.8 Å². The van der Waals surface area contributed by atoms with Crippen LogP contribution in [0.15, 0.2) is 137 Å². The summed E-state index contributed by atoms with van der Waals surface area (Å²) in [6.45, 7) is 6.31. The smallest absolute Gasteiger partial charge is 0.262 e. The van der Waals surface area contributed by atoms with Crippen LogP contribution in [0.5, 0.6) is 0 Å². The summed E-state index contributed by atoms with van der Waals surface area (Å²) in [5.41, 5.74) is 6.30. The van der Waals surface area contributed by atoms with Crippen LogP contribution in [0.2, 0.25) is 0 Å². The zero-order valence-electron chi connectivity index (χ0n) is 41.6. The van der Waals surface area contributed by atoms with Crippen molar-refractivity contribution in [2.45, 2.75) is 81.7 Å². The number of benzene rings is 3. The number of aryl methyl sites for hydroxylation is 2. The maximum absolute atomic E-state index is 12.4. The molecule has 8 rings (SSSR count). The lowest BCUT2D eigenvalue weighted by Crippen LogP contribution is -2.40. The molecule has 0 spiro atoms.